The van der Waals surface area contributed by atoms with Gasteiger partial charge >= 0.3 is 0 Å². The minimum atomic E-state index is -0.309. The molecule has 1 heterocycles. The molecule has 5 heteroatoms. The molecule has 98 valence electrons. The first-order chi connectivity index (χ1) is 8.44. The Kier molecular flexibility index (Phi) is 3.64. The van der Waals surface area contributed by atoms with Crippen molar-refractivity contribution in [3.8, 4) is 0 Å². The Morgan fingerprint density at radius 3 is 2.78 bits per heavy atom. The van der Waals surface area contributed by atoms with Crippen molar-refractivity contribution in [1.82, 2.24) is 5.32 Å². The fourth-order valence-electron chi connectivity index (χ4n) is 2.31. The molecule has 0 saturated carbocycles. The molecule has 1 aliphatic heterocycles. The maximum atomic E-state index is 12.1. The third-order valence-corrected chi connectivity index (χ3v) is 3.76. The van der Waals surface area contributed by atoms with Gasteiger partial charge in [-0.1, -0.05) is 12.1 Å². The third-order valence-electron chi connectivity index (χ3n) is 3.09. The van der Waals surface area contributed by atoms with Crippen LogP contribution in [0.1, 0.15) is 13.8 Å². The van der Waals surface area contributed by atoms with E-state index in [1.54, 1.807) is 0 Å². The number of benzene rings is 1. The highest BCUT2D eigenvalue weighted by molar-refractivity contribution is 9.10. The van der Waals surface area contributed by atoms with E-state index in [0.29, 0.717) is 6.54 Å². The first-order valence-electron chi connectivity index (χ1n) is 5.98. The molecular weight excluding hydrogens is 294 g/mol. The average molecular weight is 312 g/mol. The van der Waals surface area contributed by atoms with E-state index in [-0.39, 0.29) is 17.5 Å². The van der Waals surface area contributed by atoms with Crippen LogP contribution in [0.3, 0.4) is 0 Å². The Hall–Kier alpha value is -1.07. The Morgan fingerprint density at radius 1 is 1.50 bits per heavy atom. The number of nitrogens with one attached hydrogen (secondary N) is 1. The summed E-state index contributed by atoms with van der Waals surface area (Å²) in [4.78, 5) is 14.2. The van der Waals surface area contributed by atoms with Gasteiger partial charge in [0.05, 0.1) is 11.2 Å². The molecule has 0 bridgehead atoms. The van der Waals surface area contributed by atoms with Crippen molar-refractivity contribution in [1.29, 1.82) is 0 Å². The molecule has 1 saturated heterocycles. The van der Waals surface area contributed by atoms with Crippen LogP contribution >= 0.6 is 15.9 Å². The zero-order valence-corrected chi connectivity index (χ0v) is 12.2. The summed E-state index contributed by atoms with van der Waals surface area (Å²) in [6.45, 7) is 5.08. The van der Waals surface area contributed by atoms with Gasteiger partial charge in [0, 0.05) is 17.6 Å². The van der Waals surface area contributed by atoms with Gasteiger partial charge in [0.1, 0.15) is 6.04 Å². The van der Waals surface area contributed by atoms with Crippen LogP contribution in [0.25, 0.3) is 0 Å². The molecule has 1 aromatic carbocycles. The van der Waals surface area contributed by atoms with Gasteiger partial charge in [0.15, 0.2) is 0 Å². The number of carbonyl (C=O) groups excluding carboxylic acids is 1. The lowest BCUT2D eigenvalue weighted by Crippen LogP contribution is -2.66. The van der Waals surface area contributed by atoms with Crippen molar-refractivity contribution < 1.29 is 4.79 Å². The van der Waals surface area contributed by atoms with E-state index >= 15 is 0 Å². The quantitative estimate of drug-likeness (QED) is 0.870. The van der Waals surface area contributed by atoms with E-state index in [4.69, 9.17) is 5.73 Å². The number of carbonyl (C=O) groups is 1. The molecule has 0 aliphatic carbocycles. The van der Waals surface area contributed by atoms with Crippen molar-refractivity contribution in [2.75, 3.05) is 18.0 Å². The summed E-state index contributed by atoms with van der Waals surface area (Å²) in [5.41, 5.74) is 6.50. The molecular formula is C13H18BrN3O. The summed E-state index contributed by atoms with van der Waals surface area (Å²) in [5, 5.41) is 3.00. The van der Waals surface area contributed by atoms with Crippen LogP contribution < -0.4 is 16.0 Å². The highest BCUT2D eigenvalue weighted by Crippen LogP contribution is 2.30. The predicted octanol–water partition coefficient (Wildman–Crippen LogP) is 1.49. The summed E-state index contributed by atoms with van der Waals surface area (Å²) in [7, 11) is 0. The molecule has 18 heavy (non-hydrogen) atoms. The molecule has 0 radical (unpaired) electrons. The summed E-state index contributed by atoms with van der Waals surface area (Å²) in [6.07, 6.45) is 0. The Balaban J connectivity index is 2.39. The van der Waals surface area contributed by atoms with E-state index < -0.39 is 0 Å². The van der Waals surface area contributed by atoms with Gasteiger partial charge in [-0.3, -0.25) is 4.79 Å². The SMILES string of the molecule is CC1(C)CN(c2ccccc2Br)C(CN)C(=O)N1. The number of halogens is 1. The molecule has 1 amide bonds. The average Bonchev–Trinajstić information content (AvgIpc) is 2.27. The Bertz CT molecular complexity index is 461. The number of nitrogens with two attached hydrogens (primary N) is 1. The van der Waals surface area contributed by atoms with Crippen molar-refractivity contribution in [2.24, 2.45) is 5.73 Å². The molecule has 2 rings (SSSR count). The molecule has 3 N–H and O–H groups in total. The topological polar surface area (TPSA) is 58.4 Å². The number of rotatable bonds is 2. The molecule has 0 aromatic heterocycles. The van der Waals surface area contributed by atoms with Gasteiger partial charge in [-0.2, -0.15) is 0 Å². The maximum Gasteiger partial charge on any atom is 0.244 e. The second-order valence-corrected chi connectivity index (χ2v) is 6.06. The van der Waals surface area contributed by atoms with Crippen LogP contribution in [0.15, 0.2) is 28.7 Å². The van der Waals surface area contributed by atoms with Gasteiger partial charge in [-0.05, 0) is 41.9 Å². The molecule has 0 spiro atoms. The first kappa shape index (κ1) is 13.4. The lowest BCUT2D eigenvalue weighted by atomic mass is 9.97. The van der Waals surface area contributed by atoms with Crippen molar-refractivity contribution in [2.45, 2.75) is 25.4 Å². The van der Waals surface area contributed by atoms with Crippen LogP contribution in [0.2, 0.25) is 0 Å². The second-order valence-electron chi connectivity index (χ2n) is 5.20. The standard InChI is InChI=1S/C13H18BrN3O/c1-13(2)8-17(11(7-15)12(18)16-13)10-6-4-3-5-9(10)14/h3-6,11H,7-8,15H2,1-2H3,(H,16,18). The first-order valence-corrected chi connectivity index (χ1v) is 6.77. The number of piperazine rings is 1. The zero-order chi connectivity index (χ0) is 13.3. The minimum Gasteiger partial charge on any atom is -0.355 e. The molecule has 1 fully saturated rings. The lowest BCUT2D eigenvalue weighted by Gasteiger charge is -2.44. The number of nitrogens with zero attached hydrogens (tertiary/aromatic N) is 1. The summed E-state index contributed by atoms with van der Waals surface area (Å²) >= 11 is 3.53. The van der Waals surface area contributed by atoms with Crippen LogP contribution in [0.5, 0.6) is 0 Å². The Labute approximate surface area is 116 Å². The number of hydrogen-bond acceptors (Lipinski definition) is 3. The van der Waals surface area contributed by atoms with E-state index in [1.807, 2.05) is 38.1 Å². The maximum absolute atomic E-state index is 12.1. The third kappa shape index (κ3) is 2.52. The van der Waals surface area contributed by atoms with Crippen LogP contribution in [-0.2, 0) is 4.79 Å². The predicted molar refractivity (Wildman–Crippen MR) is 76.6 cm³/mol. The molecule has 1 atom stereocenters. The normalized spacial score (nSPS) is 22.8. The molecule has 1 unspecified atom stereocenters. The van der Waals surface area contributed by atoms with E-state index in [2.05, 4.69) is 26.1 Å². The fourth-order valence-corrected chi connectivity index (χ4v) is 2.82. The highest BCUT2D eigenvalue weighted by atomic mass is 79.9. The number of amides is 1. The van der Waals surface area contributed by atoms with E-state index in [1.165, 1.54) is 0 Å². The van der Waals surface area contributed by atoms with Gasteiger partial charge in [0.2, 0.25) is 5.91 Å². The number of para-hydroxylation sites is 1. The van der Waals surface area contributed by atoms with Crippen molar-refractivity contribution >= 4 is 27.5 Å². The smallest absolute Gasteiger partial charge is 0.244 e. The van der Waals surface area contributed by atoms with Crippen LogP contribution in [0.4, 0.5) is 5.69 Å². The van der Waals surface area contributed by atoms with Crippen molar-refractivity contribution in [3.05, 3.63) is 28.7 Å². The van der Waals surface area contributed by atoms with Crippen LogP contribution in [0, 0.1) is 0 Å². The monoisotopic (exact) mass is 311 g/mol. The summed E-state index contributed by atoms with van der Waals surface area (Å²) < 4.78 is 0.981. The Morgan fingerprint density at radius 2 is 2.17 bits per heavy atom. The van der Waals surface area contributed by atoms with Crippen LogP contribution in [-0.4, -0.2) is 30.6 Å². The molecule has 1 aliphatic rings. The highest BCUT2D eigenvalue weighted by Gasteiger charge is 2.38. The largest absolute Gasteiger partial charge is 0.355 e. The second kappa shape index (κ2) is 4.90. The van der Waals surface area contributed by atoms with E-state index in [0.717, 1.165) is 16.7 Å². The zero-order valence-electron chi connectivity index (χ0n) is 10.6. The number of anilines is 1. The summed E-state index contributed by atoms with van der Waals surface area (Å²) in [6, 6.07) is 7.59. The van der Waals surface area contributed by atoms with E-state index in [9.17, 15) is 4.79 Å². The van der Waals surface area contributed by atoms with Crippen molar-refractivity contribution in [3.63, 3.8) is 0 Å². The molecule has 4 nitrogen and oxygen atoms in total. The lowest BCUT2D eigenvalue weighted by molar-refractivity contribution is -0.125. The van der Waals surface area contributed by atoms with Gasteiger partial charge in [-0.25, -0.2) is 0 Å². The van der Waals surface area contributed by atoms with Gasteiger partial charge in [-0.15, -0.1) is 0 Å². The molecule has 1 aromatic rings. The number of hydrogen-bond donors (Lipinski definition) is 2. The fraction of sp³-hybridized carbons (Fsp3) is 0.462. The van der Waals surface area contributed by atoms with Gasteiger partial charge < -0.3 is 16.0 Å². The van der Waals surface area contributed by atoms with Gasteiger partial charge in [0.25, 0.3) is 0 Å². The summed E-state index contributed by atoms with van der Waals surface area (Å²) in [5.74, 6) is -0.00972. The minimum absolute atomic E-state index is 0.00972.